The first-order valence-corrected chi connectivity index (χ1v) is 8.77. The van der Waals surface area contributed by atoms with Crippen molar-refractivity contribution >= 4 is 21.8 Å². The number of benzene rings is 1. The predicted octanol–water partition coefficient (Wildman–Crippen LogP) is 4.31. The molecule has 1 aliphatic carbocycles. The van der Waals surface area contributed by atoms with Crippen molar-refractivity contribution in [2.24, 2.45) is 5.92 Å². The number of fused-ring (bicyclic) bond motifs is 1. The Bertz CT molecular complexity index is 618. The third-order valence-electron chi connectivity index (χ3n) is 4.51. The number of nitrogens with one attached hydrogen (secondary N) is 1. The molecule has 1 fully saturated rings. The van der Waals surface area contributed by atoms with Gasteiger partial charge >= 0.3 is 0 Å². The summed E-state index contributed by atoms with van der Waals surface area (Å²) in [7, 11) is 0. The van der Waals surface area contributed by atoms with Crippen LogP contribution in [0.5, 0.6) is 5.75 Å². The fourth-order valence-corrected chi connectivity index (χ4v) is 4.05. The van der Waals surface area contributed by atoms with E-state index in [4.69, 9.17) is 4.74 Å². The van der Waals surface area contributed by atoms with Crippen molar-refractivity contribution in [3.05, 3.63) is 27.7 Å². The Morgan fingerprint density at radius 3 is 2.64 bits per heavy atom. The van der Waals surface area contributed by atoms with Crippen LogP contribution in [0.2, 0.25) is 0 Å². The van der Waals surface area contributed by atoms with E-state index >= 15 is 0 Å². The maximum absolute atomic E-state index is 11.9. The fourth-order valence-electron chi connectivity index (χ4n) is 3.55. The van der Waals surface area contributed by atoms with Crippen LogP contribution >= 0.6 is 15.9 Å². The van der Waals surface area contributed by atoms with Crippen LogP contribution in [0, 0.1) is 5.92 Å². The van der Waals surface area contributed by atoms with Crippen LogP contribution in [-0.2, 0) is 16.8 Å². The zero-order valence-electron chi connectivity index (χ0n) is 13.8. The first-order chi connectivity index (χ1) is 10.2. The normalized spacial score (nSPS) is 21.7. The molecule has 0 saturated heterocycles. The summed E-state index contributed by atoms with van der Waals surface area (Å²) in [5, 5.41) is 3.05. The molecule has 1 saturated carbocycles. The van der Waals surface area contributed by atoms with Gasteiger partial charge in [0.15, 0.2) is 0 Å². The van der Waals surface area contributed by atoms with E-state index in [9.17, 15) is 4.79 Å². The van der Waals surface area contributed by atoms with Crippen LogP contribution in [0.3, 0.4) is 0 Å². The highest BCUT2D eigenvalue weighted by molar-refractivity contribution is 9.10. The molecule has 3 rings (SSSR count). The second-order valence-electron chi connectivity index (χ2n) is 7.86. The third-order valence-corrected chi connectivity index (χ3v) is 4.96. The molecule has 0 spiro atoms. The second-order valence-corrected chi connectivity index (χ2v) is 8.77. The fraction of sp³-hybridized carbons (Fsp3) is 0.611. The highest BCUT2D eigenvalue weighted by Gasteiger charge is 2.40. The maximum atomic E-state index is 11.9. The molecule has 4 heteroatoms. The molecule has 0 aromatic heterocycles. The number of amides is 1. The summed E-state index contributed by atoms with van der Waals surface area (Å²) in [6.07, 6.45) is 3.02. The van der Waals surface area contributed by atoms with Crippen molar-refractivity contribution < 1.29 is 9.53 Å². The first-order valence-electron chi connectivity index (χ1n) is 7.98. The lowest BCUT2D eigenvalue weighted by Crippen LogP contribution is -2.42. The molecule has 1 heterocycles. The minimum atomic E-state index is -0.195. The van der Waals surface area contributed by atoms with Gasteiger partial charge in [0.1, 0.15) is 11.4 Å². The van der Waals surface area contributed by atoms with Crippen LogP contribution in [0.1, 0.15) is 58.1 Å². The predicted molar refractivity (Wildman–Crippen MR) is 91.1 cm³/mol. The standard InChI is InChI=1S/C18H24BrNO2/c1-17(2)10-18(3,4)22-15-12(7-13(19)8-14(15)17)9-20-16(21)11-5-6-11/h7-8,11H,5-6,9-10H2,1-4H3,(H,20,21). The van der Waals surface area contributed by atoms with Gasteiger partial charge in [-0.05, 0) is 50.7 Å². The van der Waals surface area contributed by atoms with E-state index < -0.39 is 0 Å². The number of hydrogen-bond acceptors (Lipinski definition) is 2. The number of carbonyl (C=O) groups is 1. The van der Waals surface area contributed by atoms with Crippen molar-refractivity contribution in [2.45, 2.75) is 64.5 Å². The summed E-state index contributed by atoms with van der Waals surface area (Å²) >= 11 is 3.60. The van der Waals surface area contributed by atoms with Crippen LogP contribution in [0.4, 0.5) is 0 Å². The smallest absolute Gasteiger partial charge is 0.223 e. The quantitative estimate of drug-likeness (QED) is 0.866. The van der Waals surface area contributed by atoms with Gasteiger partial charge in [0, 0.05) is 28.1 Å². The Morgan fingerprint density at radius 2 is 2.00 bits per heavy atom. The van der Waals surface area contributed by atoms with Crippen molar-refractivity contribution in [3.8, 4) is 5.75 Å². The average Bonchev–Trinajstić information content (AvgIpc) is 3.19. The molecule has 0 bridgehead atoms. The maximum Gasteiger partial charge on any atom is 0.223 e. The molecule has 0 unspecified atom stereocenters. The highest BCUT2D eigenvalue weighted by Crippen LogP contribution is 2.47. The van der Waals surface area contributed by atoms with E-state index in [0.29, 0.717) is 6.54 Å². The molecule has 2 aliphatic rings. The van der Waals surface area contributed by atoms with Gasteiger partial charge in [-0.3, -0.25) is 4.79 Å². The summed E-state index contributed by atoms with van der Waals surface area (Å²) in [6.45, 7) is 9.31. The van der Waals surface area contributed by atoms with Crippen molar-refractivity contribution in [3.63, 3.8) is 0 Å². The molecule has 0 atom stereocenters. The summed E-state index contributed by atoms with van der Waals surface area (Å²) in [5.41, 5.74) is 2.13. The van der Waals surface area contributed by atoms with E-state index in [1.807, 2.05) is 0 Å². The van der Waals surface area contributed by atoms with Gasteiger partial charge in [-0.2, -0.15) is 0 Å². The Labute approximate surface area is 140 Å². The lowest BCUT2D eigenvalue weighted by Gasteiger charge is -2.43. The van der Waals surface area contributed by atoms with Gasteiger partial charge in [-0.15, -0.1) is 0 Å². The topological polar surface area (TPSA) is 38.3 Å². The zero-order chi connectivity index (χ0) is 16.1. The number of halogens is 1. The highest BCUT2D eigenvalue weighted by atomic mass is 79.9. The number of hydrogen-bond donors (Lipinski definition) is 1. The molecule has 1 aliphatic heterocycles. The van der Waals surface area contributed by atoms with Crippen molar-refractivity contribution in [1.29, 1.82) is 0 Å². The summed E-state index contributed by atoms with van der Waals surface area (Å²) in [5.74, 6) is 1.35. The molecule has 0 radical (unpaired) electrons. The van der Waals surface area contributed by atoms with Crippen molar-refractivity contribution in [1.82, 2.24) is 5.32 Å². The molecule has 1 aromatic carbocycles. The lowest BCUT2D eigenvalue weighted by molar-refractivity contribution is -0.122. The van der Waals surface area contributed by atoms with Crippen LogP contribution in [-0.4, -0.2) is 11.5 Å². The second kappa shape index (κ2) is 5.26. The molecule has 22 heavy (non-hydrogen) atoms. The van der Waals surface area contributed by atoms with E-state index in [2.05, 4.69) is 61.1 Å². The third kappa shape index (κ3) is 3.17. The molecule has 1 amide bonds. The Balaban J connectivity index is 1.93. The first kappa shape index (κ1) is 15.9. The molecular weight excluding hydrogens is 342 g/mol. The number of rotatable bonds is 3. The number of carbonyl (C=O) groups excluding carboxylic acids is 1. The summed E-state index contributed by atoms with van der Waals surface area (Å²) in [6, 6.07) is 4.21. The van der Waals surface area contributed by atoms with Gasteiger partial charge in [0.05, 0.1) is 0 Å². The molecule has 120 valence electrons. The minimum absolute atomic E-state index is 0.0517. The van der Waals surface area contributed by atoms with E-state index in [0.717, 1.165) is 35.0 Å². The number of ether oxygens (including phenoxy) is 1. The van der Waals surface area contributed by atoms with Gasteiger partial charge in [-0.25, -0.2) is 0 Å². The largest absolute Gasteiger partial charge is 0.487 e. The zero-order valence-corrected chi connectivity index (χ0v) is 15.3. The Kier molecular flexibility index (Phi) is 3.79. The monoisotopic (exact) mass is 365 g/mol. The van der Waals surface area contributed by atoms with Gasteiger partial charge in [0.2, 0.25) is 5.91 Å². The SMILES string of the molecule is CC1(C)CC(C)(C)c2cc(Br)cc(CNC(=O)C3CC3)c2O1. The molecule has 1 N–H and O–H groups in total. The summed E-state index contributed by atoms with van der Waals surface area (Å²) in [4.78, 5) is 11.9. The van der Waals surface area contributed by atoms with Crippen LogP contribution in [0.25, 0.3) is 0 Å². The molecule has 3 nitrogen and oxygen atoms in total. The van der Waals surface area contributed by atoms with E-state index in [-0.39, 0.29) is 22.8 Å². The van der Waals surface area contributed by atoms with Crippen molar-refractivity contribution in [2.75, 3.05) is 0 Å². The van der Waals surface area contributed by atoms with E-state index in [1.165, 1.54) is 5.56 Å². The Hall–Kier alpha value is -1.03. The lowest BCUT2D eigenvalue weighted by atomic mass is 9.73. The van der Waals surface area contributed by atoms with Crippen LogP contribution < -0.4 is 10.1 Å². The Morgan fingerprint density at radius 1 is 1.32 bits per heavy atom. The molecule has 1 aromatic rings. The molecular formula is C18H24BrNO2. The van der Waals surface area contributed by atoms with Gasteiger partial charge in [-0.1, -0.05) is 29.8 Å². The van der Waals surface area contributed by atoms with Gasteiger partial charge < -0.3 is 10.1 Å². The summed E-state index contributed by atoms with van der Waals surface area (Å²) < 4.78 is 7.32. The average molecular weight is 366 g/mol. The van der Waals surface area contributed by atoms with E-state index in [1.54, 1.807) is 0 Å². The van der Waals surface area contributed by atoms with Crippen LogP contribution in [0.15, 0.2) is 16.6 Å². The minimum Gasteiger partial charge on any atom is -0.487 e. The van der Waals surface area contributed by atoms with Gasteiger partial charge in [0.25, 0.3) is 0 Å².